The molecule has 0 saturated heterocycles. The Balaban J connectivity index is 2.64. The highest BCUT2D eigenvalue weighted by molar-refractivity contribution is 7.91. The number of rotatable bonds is 6. The molecule has 16 heavy (non-hydrogen) atoms. The minimum absolute atomic E-state index is 0.00165. The first-order valence-corrected chi connectivity index (χ1v) is 6.61. The molecule has 90 valence electrons. The van der Waals surface area contributed by atoms with Gasteiger partial charge in [-0.3, -0.25) is 0 Å². The van der Waals surface area contributed by atoms with E-state index in [1.807, 2.05) is 0 Å². The highest BCUT2D eigenvalue weighted by atomic mass is 32.2. The third kappa shape index (κ3) is 3.80. The first-order chi connectivity index (χ1) is 7.56. The van der Waals surface area contributed by atoms with Gasteiger partial charge in [-0.1, -0.05) is 6.07 Å². The Morgan fingerprint density at radius 3 is 2.69 bits per heavy atom. The average molecular weight is 244 g/mol. The standard InChI is InChI=1S/C10H16N2O3S/c11-9-2-1-3-10(8-9)16(14,15)7-5-12-4-6-13/h1-3,8,12-13H,4-7,11H2. The van der Waals surface area contributed by atoms with E-state index < -0.39 is 9.84 Å². The molecule has 5 nitrogen and oxygen atoms in total. The van der Waals surface area contributed by atoms with Crippen LogP contribution in [0.4, 0.5) is 5.69 Å². The summed E-state index contributed by atoms with van der Waals surface area (Å²) in [4.78, 5) is 0.235. The molecule has 0 heterocycles. The quantitative estimate of drug-likeness (QED) is 0.469. The predicted molar refractivity (Wildman–Crippen MR) is 62.9 cm³/mol. The Bertz CT molecular complexity index is 431. The van der Waals surface area contributed by atoms with Crippen LogP contribution >= 0.6 is 0 Å². The summed E-state index contributed by atoms with van der Waals surface area (Å²) >= 11 is 0. The van der Waals surface area contributed by atoms with Crippen molar-refractivity contribution >= 4 is 15.5 Å². The van der Waals surface area contributed by atoms with Crippen molar-refractivity contribution in [3.63, 3.8) is 0 Å². The SMILES string of the molecule is Nc1cccc(S(=O)(=O)CCNCCO)c1. The first kappa shape index (κ1) is 13.0. The van der Waals surface area contributed by atoms with Crippen LogP contribution in [0.15, 0.2) is 29.2 Å². The maximum atomic E-state index is 11.8. The Labute approximate surface area is 95.2 Å². The minimum Gasteiger partial charge on any atom is -0.399 e. The molecule has 0 fully saturated rings. The van der Waals surface area contributed by atoms with Gasteiger partial charge in [0.15, 0.2) is 9.84 Å². The van der Waals surface area contributed by atoms with Gasteiger partial charge in [0.05, 0.1) is 17.3 Å². The van der Waals surface area contributed by atoms with Crippen molar-refractivity contribution in [2.75, 3.05) is 31.2 Å². The van der Waals surface area contributed by atoms with Crippen LogP contribution in [0.25, 0.3) is 0 Å². The van der Waals surface area contributed by atoms with Gasteiger partial charge >= 0.3 is 0 Å². The third-order valence-corrected chi connectivity index (χ3v) is 3.77. The lowest BCUT2D eigenvalue weighted by Crippen LogP contribution is -2.25. The number of nitrogens with one attached hydrogen (secondary N) is 1. The summed E-state index contributed by atoms with van der Waals surface area (Å²) < 4.78 is 23.6. The second kappa shape index (κ2) is 5.83. The Morgan fingerprint density at radius 2 is 2.06 bits per heavy atom. The van der Waals surface area contributed by atoms with Crippen LogP contribution in [0.2, 0.25) is 0 Å². The van der Waals surface area contributed by atoms with Crippen molar-refractivity contribution in [2.45, 2.75) is 4.90 Å². The number of sulfone groups is 1. The van der Waals surface area contributed by atoms with Gasteiger partial charge in [-0.05, 0) is 18.2 Å². The number of nitrogen functional groups attached to an aromatic ring is 1. The lowest BCUT2D eigenvalue weighted by molar-refractivity contribution is 0.293. The third-order valence-electron chi connectivity index (χ3n) is 2.05. The zero-order valence-electron chi connectivity index (χ0n) is 8.89. The molecule has 0 aliphatic rings. The average Bonchev–Trinajstić information content (AvgIpc) is 2.24. The van der Waals surface area contributed by atoms with Gasteiger partial charge in [0.25, 0.3) is 0 Å². The smallest absolute Gasteiger partial charge is 0.179 e. The molecule has 0 aromatic heterocycles. The zero-order valence-corrected chi connectivity index (χ0v) is 9.70. The molecule has 1 aromatic rings. The molecular formula is C10H16N2O3S. The number of aliphatic hydroxyl groups is 1. The van der Waals surface area contributed by atoms with Gasteiger partial charge in [0, 0.05) is 18.8 Å². The summed E-state index contributed by atoms with van der Waals surface area (Å²) in [6, 6.07) is 6.23. The highest BCUT2D eigenvalue weighted by Crippen LogP contribution is 2.13. The highest BCUT2D eigenvalue weighted by Gasteiger charge is 2.13. The van der Waals surface area contributed by atoms with Crippen LogP contribution in [-0.2, 0) is 9.84 Å². The molecule has 0 unspecified atom stereocenters. The Morgan fingerprint density at radius 1 is 1.31 bits per heavy atom. The number of nitrogens with two attached hydrogens (primary N) is 1. The van der Waals surface area contributed by atoms with Gasteiger partial charge in [-0.15, -0.1) is 0 Å². The summed E-state index contributed by atoms with van der Waals surface area (Å²) in [6.45, 7) is 0.711. The van der Waals surface area contributed by atoms with Crippen molar-refractivity contribution in [3.8, 4) is 0 Å². The second-order valence-electron chi connectivity index (χ2n) is 3.36. The molecule has 0 bridgehead atoms. The lowest BCUT2D eigenvalue weighted by Gasteiger charge is -2.05. The van der Waals surface area contributed by atoms with Crippen molar-refractivity contribution in [3.05, 3.63) is 24.3 Å². The molecule has 1 rings (SSSR count). The van der Waals surface area contributed by atoms with Crippen molar-refractivity contribution in [1.29, 1.82) is 0 Å². The van der Waals surface area contributed by atoms with Crippen LogP contribution in [0.5, 0.6) is 0 Å². The molecule has 0 atom stereocenters. The maximum absolute atomic E-state index is 11.8. The monoisotopic (exact) mass is 244 g/mol. The summed E-state index contributed by atoms with van der Waals surface area (Å²) in [5.74, 6) is -0.00352. The fourth-order valence-corrected chi connectivity index (χ4v) is 2.49. The zero-order chi connectivity index (χ0) is 12.0. The fraction of sp³-hybridized carbons (Fsp3) is 0.400. The van der Waals surface area contributed by atoms with Gasteiger partial charge in [-0.2, -0.15) is 0 Å². The number of hydrogen-bond acceptors (Lipinski definition) is 5. The molecule has 0 aliphatic heterocycles. The molecule has 1 aromatic carbocycles. The molecule has 0 spiro atoms. The Kier molecular flexibility index (Phi) is 4.72. The summed E-state index contributed by atoms with van der Waals surface area (Å²) in [6.07, 6.45) is 0. The topological polar surface area (TPSA) is 92.4 Å². The molecule has 0 amide bonds. The van der Waals surface area contributed by atoms with E-state index in [4.69, 9.17) is 10.8 Å². The molecule has 0 radical (unpaired) electrons. The number of aliphatic hydroxyl groups excluding tert-OH is 1. The summed E-state index contributed by atoms with van der Waals surface area (Å²) in [5, 5.41) is 11.3. The van der Waals surface area contributed by atoms with Crippen LogP contribution in [-0.4, -0.2) is 39.0 Å². The van der Waals surface area contributed by atoms with Crippen molar-refractivity contribution in [2.24, 2.45) is 0 Å². The number of hydrogen-bond donors (Lipinski definition) is 3. The molecule has 0 saturated carbocycles. The van der Waals surface area contributed by atoms with Crippen LogP contribution in [0, 0.1) is 0 Å². The van der Waals surface area contributed by atoms with E-state index in [0.29, 0.717) is 18.8 Å². The van der Waals surface area contributed by atoms with Crippen LogP contribution in [0.1, 0.15) is 0 Å². The van der Waals surface area contributed by atoms with E-state index in [1.165, 1.54) is 12.1 Å². The Hall–Kier alpha value is -1.11. The number of benzene rings is 1. The second-order valence-corrected chi connectivity index (χ2v) is 5.47. The molecule has 6 heteroatoms. The molecular weight excluding hydrogens is 228 g/mol. The van der Waals surface area contributed by atoms with Gasteiger partial charge in [0.1, 0.15) is 0 Å². The number of anilines is 1. The first-order valence-electron chi connectivity index (χ1n) is 4.96. The predicted octanol–water partition coefficient (Wildman–Crippen LogP) is -0.376. The van der Waals surface area contributed by atoms with E-state index >= 15 is 0 Å². The van der Waals surface area contributed by atoms with Gasteiger partial charge in [-0.25, -0.2) is 8.42 Å². The van der Waals surface area contributed by atoms with E-state index in [0.717, 1.165) is 0 Å². The maximum Gasteiger partial charge on any atom is 0.179 e. The van der Waals surface area contributed by atoms with Crippen LogP contribution < -0.4 is 11.1 Å². The van der Waals surface area contributed by atoms with Crippen LogP contribution in [0.3, 0.4) is 0 Å². The molecule has 0 aliphatic carbocycles. The van der Waals surface area contributed by atoms with E-state index in [2.05, 4.69) is 5.32 Å². The van der Waals surface area contributed by atoms with Crippen molar-refractivity contribution < 1.29 is 13.5 Å². The summed E-state index contributed by atoms with van der Waals surface area (Å²) in [7, 11) is -3.29. The largest absolute Gasteiger partial charge is 0.399 e. The van der Waals surface area contributed by atoms with E-state index in [9.17, 15) is 8.42 Å². The molecule has 4 N–H and O–H groups in total. The van der Waals surface area contributed by atoms with E-state index in [-0.39, 0.29) is 17.3 Å². The normalized spacial score (nSPS) is 11.6. The van der Waals surface area contributed by atoms with Gasteiger partial charge in [0.2, 0.25) is 0 Å². The minimum atomic E-state index is -3.29. The van der Waals surface area contributed by atoms with Gasteiger partial charge < -0.3 is 16.2 Å². The van der Waals surface area contributed by atoms with E-state index in [1.54, 1.807) is 12.1 Å². The van der Waals surface area contributed by atoms with Crippen molar-refractivity contribution in [1.82, 2.24) is 5.32 Å². The summed E-state index contributed by atoms with van der Waals surface area (Å²) in [5.41, 5.74) is 5.95. The lowest BCUT2D eigenvalue weighted by atomic mass is 10.3. The fourth-order valence-electron chi connectivity index (χ4n) is 1.24.